The van der Waals surface area contributed by atoms with Gasteiger partial charge in [0.2, 0.25) is 5.13 Å². The van der Waals surface area contributed by atoms with Gasteiger partial charge in [0.25, 0.3) is 10.0 Å². The maximum absolute atomic E-state index is 12.5. The fourth-order valence-electron chi connectivity index (χ4n) is 2.10. The monoisotopic (exact) mass is 381 g/mol. The van der Waals surface area contributed by atoms with E-state index >= 15 is 0 Å². The molecule has 1 N–H and O–H groups in total. The van der Waals surface area contributed by atoms with Gasteiger partial charge in [0.15, 0.2) is 4.34 Å². The van der Waals surface area contributed by atoms with E-state index in [1.165, 1.54) is 23.1 Å². The molecule has 0 aliphatic rings. The number of fused-ring (bicyclic) bond motifs is 1. The van der Waals surface area contributed by atoms with Crippen LogP contribution in [0.3, 0.4) is 0 Å². The van der Waals surface area contributed by atoms with Gasteiger partial charge in [-0.1, -0.05) is 42.2 Å². The summed E-state index contributed by atoms with van der Waals surface area (Å²) in [6.07, 6.45) is 0. The number of hydrogen-bond acceptors (Lipinski definition) is 7. The van der Waals surface area contributed by atoms with E-state index in [9.17, 15) is 8.42 Å². The second-order valence-electron chi connectivity index (χ2n) is 4.79. The zero-order valence-electron chi connectivity index (χ0n) is 13.0. The van der Waals surface area contributed by atoms with E-state index in [1.807, 2.05) is 19.1 Å². The van der Waals surface area contributed by atoms with Crippen molar-refractivity contribution in [1.29, 1.82) is 0 Å². The number of ether oxygens (including phenoxy) is 1. The first-order valence-electron chi connectivity index (χ1n) is 7.09. The molecule has 24 heavy (non-hydrogen) atoms. The molecule has 3 rings (SSSR count). The Morgan fingerprint density at radius 2 is 1.92 bits per heavy atom. The standard InChI is InChI=1S/C15H15N3O3S3/c1-3-22-15-17-16-14(23-15)18-24(19,20)13-7-5-10-8-12(21-2)6-4-11(10)9-13/h4-9H,3H2,1-2H3,(H,16,18). The molecule has 0 aliphatic heterocycles. The second-order valence-corrected chi connectivity index (χ2v) is 8.96. The minimum atomic E-state index is -3.70. The largest absolute Gasteiger partial charge is 0.497 e. The highest BCUT2D eigenvalue weighted by Gasteiger charge is 2.17. The third kappa shape index (κ3) is 3.63. The Hall–Kier alpha value is -1.84. The zero-order chi connectivity index (χ0) is 17.2. The van der Waals surface area contributed by atoms with E-state index in [1.54, 1.807) is 31.4 Å². The molecule has 3 aromatic rings. The van der Waals surface area contributed by atoms with Crippen LogP contribution in [0.25, 0.3) is 10.8 Å². The molecule has 1 aromatic heterocycles. The van der Waals surface area contributed by atoms with Gasteiger partial charge in [-0.3, -0.25) is 4.72 Å². The van der Waals surface area contributed by atoms with E-state index < -0.39 is 10.0 Å². The van der Waals surface area contributed by atoms with Crippen LogP contribution in [0, 0.1) is 0 Å². The highest BCUT2D eigenvalue weighted by atomic mass is 32.2. The van der Waals surface area contributed by atoms with Gasteiger partial charge < -0.3 is 4.74 Å². The van der Waals surface area contributed by atoms with Crippen LogP contribution in [0.5, 0.6) is 5.75 Å². The van der Waals surface area contributed by atoms with Gasteiger partial charge in [0.1, 0.15) is 5.75 Å². The minimum Gasteiger partial charge on any atom is -0.497 e. The Balaban J connectivity index is 1.89. The van der Waals surface area contributed by atoms with Crippen molar-refractivity contribution in [2.24, 2.45) is 0 Å². The van der Waals surface area contributed by atoms with E-state index in [0.717, 1.165) is 26.6 Å². The average molecular weight is 382 g/mol. The van der Waals surface area contributed by atoms with Crippen molar-refractivity contribution in [3.8, 4) is 5.75 Å². The molecule has 0 unspecified atom stereocenters. The first-order valence-corrected chi connectivity index (χ1v) is 10.4. The number of nitrogens with zero attached hydrogens (tertiary/aromatic N) is 2. The summed E-state index contributed by atoms with van der Waals surface area (Å²) in [5.74, 6) is 1.58. The third-order valence-corrected chi connectivity index (χ3v) is 6.55. The summed E-state index contributed by atoms with van der Waals surface area (Å²) >= 11 is 2.74. The van der Waals surface area contributed by atoms with Gasteiger partial charge in [-0.2, -0.15) is 0 Å². The predicted octanol–water partition coefficient (Wildman–Crippen LogP) is 3.61. The molecule has 0 atom stereocenters. The summed E-state index contributed by atoms with van der Waals surface area (Å²) < 4.78 is 33.5. The van der Waals surface area contributed by atoms with Gasteiger partial charge in [-0.05, 0) is 40.8 Å². The number of sulfonamides is 1. The molecule has 0 bridgehead atoms. The summed E-state index contributed by atoms with van der Waals surface area (Å²) in [6, 6.07) is 10.4. The van der Waals surface area contributed by atoms with Gasteiger partial charge in [-0.15, -0.1) is 10.2 Å². The molecular formula is C15H15N3O3S3. The third-order valence-electron chi connectivity index (χ3n) is 3.23. The average Bonchev–Trinajstić information content (AvgIpc) is 3.00. The van der Waals surface area contributed by atoms with Crippen molar-refractivity contribution in [3.05, 3.63) is 36.4 Å². The van der Waals surface area contributed by atoms with Crippen molar-refractivity contribution in [2.75, 3.05) is 17.6 Å². The molecular weight excluding hydrogens is 366 g/mol. The maximum Gasteiger partial charge on any atom is 0.263 e. The van der Waals surface area contributed by atoms with Crippen LogP contribution in [-0.2, 0) is 10.0 Å². The van der Waals surface area contributed by atoms with Crippen LogP contribution in [0.15, 0.2) is 45.6 Å². The number of hydrogen-bond donors (Lipinski definition) is 1. The van der Waals surface area contributed by atoms with Crippen molar-refractivity contribution >= 4 is 49.0 Å². The van der Waals surface area contributed by atoms with Crippen LogP contribution < -0.4 is 9.46 Å². The van der Waals surface area contributed by atoms with E-state index in [2.05, 4.69) is 14.9 Å². The van der Waals surface area contributed by atoms with E-state index in [0.29, 0.717) is 0 Å². The second kappa shape index (κ2) is 6.96. The van der Waals surface area contributed by atoms with Gasteiger partial charge in [0.05, 0.1) is 12.0 Å². The molecule has 0 saturated carbocycles. The molecule has 2 aromatic carbocycles. The van der Waals surface area contributed by atoms with E-state index in [4.69, 9.17) is 4.74 Å². The molecule has 0 spiro atoms. The first kappa shape index (κ1) is 17.0. The van der Waals surface area contributed by atoms with Crippen LogP contribution in [0.4, 0.5) is 5.13 Å². The normalized spacial score (nSPS) is 11.6. The Morgan fingerprint density at radius 1 is 1.17 bits per heavy atom. The summed E-state index contributed by atoms with van der Waals surface area (Å²) in [6.45, 7) is 2.00. The summed E-state index contributed by atoms with van der Waals surface area (Å²) in [5, 5.41) is 9.81. The van der Waals surface area contributed by atoms with Crippen molar-refractivity contribution in [3.63, 3.8) is 0 Å². The Morgan fingerprint density at radius 3 is 2.67 bits per heavy atom. The topological polar surface area (TPSA) is 81.2 Å². The first-order chi connectivity index (χ1) is 11.5. The molecule has 0 fully saturated rings. The molecule has 0 radical (unpaired) electrons. The van der Waals surface area contributed by atoms with Crippen molar-refractivity contribution in [1.82, 2.24) is 10.2 Å². The Bertz CT molecular complexity index is 970. The van der Waals surface area contributed by atoms with Crippen LogP contribution in [0.1, 0.15) is 6.92 Å². The summed E-state index contributed by atoms with van der Waals surface area (Å²) in [4.78, 5) is 0.181. The molecule has 9 heteroatoms. The lowest BCUT2D eigenvalue weighted by molar-refractivity contribution is 0.415. The number of methoxy groups -OCH3 is 1. The number of benzene rings is 2. The van der Waals surface area contributed by atoms with Crippen molar-refractivity contribution < 1.29 is 13.2 Å². The molecule has 0 saturated heterocycles. The fourth-order valence-corrected chi connectivity index (χ4v) is 5.02. The highest BCUT2D eigenvalue weighted by Crippen LogP contribution is 2.28. The van der Waals surface area contributed by atoms with Crippen LogP contribution in [0.2, 0.25) is 0 Å². The molecule has 6 nitrogen and oxygen atoms in total. The number of thioether (sulfide) groups is 1. The lowest BCUT2D eigenvalue weighted by atomic mass is 10.1. The minimum absolute atomic E-state index is 0.181. The number of rotatable bonds is 6. The quantitative estimate of drug-likeness (QED) is 0.657. The van der Waals surface area contributed by atoms with E-state index in [-0.39, 0.29) is 10.0 Å². The SMILES string of the molecule is CCSc1nnc(NS(=O)(=O)c2ccc3cc(OC)ccc3c2)s1. The predicted molar refractivity (Wildman–Crippen MR) is 97.6 cm³/mol. The summed E-state index contributed by atoms with van der Waals surface area (Å²) in [7, 11) is -2.11. The number of aromatic nitrogens is 2. The van der Waals surface area contributed by atoms with Crippen LogP contribution >= 0.6 is 23.1 Å². The zero-order valence-corrected chi connectivity index (χ0v) is 15.5. The number of nitrogens with one attached hydrogen (secondary N) is 1. The highest BCUT2D eigenvalue weighted by molar-refractivity contribution is 8.01. The lowest BCUT2D eigenvalue weighted by Gasteiger charge is -2.07. The summed E-state index contributed by atoms with van der Waals surface area (Å²) in [5.41, 5.74) is 0. The lowest BCUT2D eigenvalue weighted by Crippen LogP contribution is -2.12. The maximum atomic E-state index is 12.5. The smallest absolute Gasteiger partial charge is 0.263 e. The molecule has 126 valence electrons. The van der Waals surface area contributed by atoms with Gasteiger partial charge >= 0.3 is 0 Å². The fraction of sp³-hybridized carbons (Fsp3) is 0.200. The molecule has 1 heterocycles. The van der Waals surface area contributed by atoms with Gasteiger partial charge in [0, 0.05) is 0 Å². The Kier molecular flexibility index (Phi) is 4.93. The van der Waals surface area contributed by atoms with Gasteiger partial charge in [-0.25, -0.2) is 8.42 Å². The Labute approximate surface area is 148 Å². The van der Waals surface area contributed by atoms with Crippen molar-refractivity contribution in [2.45, 2.75) is 16.2 Å². The number of anilines is 1. The van der Waals surface area contributed by atoms with Crippen LogP contribution in [-0.4, -0.2) is 31.5 Å². The molecule has 0 amide bonds. The molecule has 0 aliphatic carbocycles.